The van der Waals surface area contributed by atoms with Crippen LogP contribution in [0, 0.1) is 5.82 Å². The van der Waals surface area contributed by atoms with Crippen LogP contribution >= 0.6 is 0 Å². The van der Waals surface area contributed by atoms with Crippen molar-refractivity contribution in [3.05, 3.63) is 77.1 Å². The lowest BCUT2D eigenvalue weighted by atomic mass is 9.88. The van der Waals surface area contributed by atoms with Crippen molar-refractivity contribution in [2.45, 2.75) is 49.1 Å². The average molecular weight is 536 g/mol. The van der Waals surface area contributed by atoms with Gasteiger partial charge in [-0.1, -0.05) is 36.4 Å². The van der Waals surface area contributed by atoms with Crippen LogP contribution in [0.2, 0.25) is 0 Å². The number of hydrogen-bond acceptors (Lipinski definition) is 5. The lowest BCUT2D eigenvalue weighted by Crippen LogP contribution is -2.52. The molecule has 1 unspecified atom stereocenters. The molecule has 3 aromatic carbocycles. The van der Waals surface area contributed by atoms with Gasteiger partial charge < -0.3 is 4.90 Å². The largest absolute Gasteiger partial charge is 0.322 e. The molecule has 6 rings (SSSR count). The molecule has 8 nitrogen and oxygen atoms in total. The number of carbonyl (C=O) groups is 3. The van der Waals surface area contributed by atoms with Crippen LogP contribution in [0.5, 0.6) is 0 Å². The van der Waals surface area contributed by atoms with Crippen LogP contribution < -0.4 is 5.32 Å². The van der Waals surface area contributed by atoms with Crippen molar-refractivity contribution in [1.82, 2.24) is 14.5 Å². The molecule has 1 atom stereocenters. The van der Waals surface area contributed by atoms with Crippen molar-refractivity contribution in [1.29, 1.82) is 0 Å². The summed E-state index contributed by atoms with van der Waals surface area (Å²) >= 11 is 0. The first-order chi connectivity index (χ1) is 18.2. The van der Waals surface area contributed by atoms with E-state index >= 15 is 4.39 Å². The summed E-state index contributed by atoms with van der Waals surface area (Å²) in [4.78, 5) is 38.4. The molecule has 196 valence electrons. The van der Waals surface area contributed by atoms with E-state index in [2.05, 4.69) is 5.32 Å². The quantitative estimate of drug-likeness (QED) is 0.517. The predicted octanol–water partition coefficient (Wildman–Crippen LogP) is 3.31. The molecule has 3 amide bonds. The molecule has 0 aromatic heterocycles. The fourth-order valence-electron chi connectivity index (χ4n) is 5.81. The highest BCUT2D eigenvalue weighted by Gasteiger charge is 2.40. The van der Waals surface area contributed by atoms with E-state index in [-0.39, 0.29) is 54.8 Å². The molecule has 1 N–H and O–H groups in total. The molecule has 3 aliphatic rings. The summed E-state index contributed by atoms with van der Waals surface area (Å²) in [7, 11) is -3.69. The number of amides is 3. The Bertz CT molecular complexity index is 1600. The monoisotopic (exact) mass is 535 g/mol. The molecule has 0 radical (unpaired) electrons. The predicted molar refractivity (Wildman–Crippen MR) is 137 cm³/mol. The molecule has 10 heteroatoms. The molecule has 3 aromatic rings. The van der Waals surface area contributed by atoms with E-state index in [9.17, 15) is 22.8 Å². The van der Waals surface area contributed by atoms with Crippen molar-refractivity contribution in [3.8, 4) is 0 Å². The van der Waals surface area contributed by atoms with Crippen molar-refractivity contribution >= 4 is 38.5 Å². The first-order valence-electron chi connectivity index (χ1n) is 12.7. The fraction of sp³-hybridized carbons (Fsp3) is 0.321. The number of nitrogens with one attached hydrogen (secondary N) is 1. The summed E-state index contributed by atoms with van der Waals surface area (Å²) in [5.74, 6) is -1.99. The number of imide groups is 1. The number of nitrogens with zero attached hydrogens (tertiary/aromatic N) is 2. The van der Waals surface area contributed by atoms with Crippen LogP contribution in [0.25, 0.3) is 10.8 Å². The molecule has 3 aliphatic heterocycles. The smallest absolute Gasteiger partial charge is 0.255 e. The summed E-state index contributed by atoms with van der Waals surface area (Å²) in [6.45, 7) is 0.693. The lowest BCUT2D eigenvalue weighted by molar-refractivity contribution is -0.136. The Kier molecular flexibility index (Phi) is 6.03. The fourth-order valence-corrected chi connectivity index (χ4v) is 7.31. The van der Waals surface area contributed by atoms with Crippen LogP contribution in [0.15, 0.2) is 59.5 Å². The maximum absolute atomic E-state index is 15.2. The van der Waals surface area contributed by atoms with Gasteiger partial charge in [-0.2, -0.15) is 4.31 Å². The van der Waals surface area contributed by atoms with Crippen LogP contribution in [0.4, 0.5) is 4.39 Å². The number of benzene rings is 3. The Hall–Kier alpha value is -3.63. The Balaban J connectivity index is 1.18. The van der Waals surface area contributed by atoms with E-state index in [4.69, 9.17) is 0 Å². The van der Waals surface area contributed by atoms with Gasteiger partial charge in [0.05, 0.1) is 4.90 Å². The van der Waals surface area contributed by atoms with Gasteiger partial charge in [0.15, 0.2) is 0 Å². The van der Waals surface area contributed by atoms with Crippen molar-refractivity contribution in [2.24, 2.45) is 0 Å². The van der Waals surface area contributed by atoms with E-state index in [1.807, 2.05) is 24.3 Å². The number of carbonyl (C=O) groups excluding carboxylic acids is 3. The SMILES string of the molecule is O=C1CCC(N2Cc3cc(C4CCN(S(=O)(=O)c5ccc6ccccc6c5)CC4)c(F)cc3C2=O)C(=O)N1. The van der Waals surface area contributed by atoms with Gasteiger partial charge in [0.25, 0.3) is 5.91 Å². The zero-order chi connectivity index (χ0) is 26.6. The molecule has 0 spiro atoms. The zero-order valence-corrected chi connectivity index (χ0v) is 21.3. The highest BCUT2D eigenvalue weighted by molar-refractivity contribution is 7.89. The van der Waals surface area contributed by atoms with Gasteiger partial charge in [-0.25, -0.2) is 12.8 Å². The Morgan fingerprint density at radius 3 is 2.37 bits per heavy atom. The summed E-state index contributed by atoms with van der Waals surface area (Å²) in [5.41, 5.74) is 1.33. The van der Waals surface area contributed by atoms with Crippen molar-refractivity contribution in [2.75, 3.05) is 13.1 Å². The van der Waals surface area contributed by atoms with E-state index < -0.39 is 33.7 Å². The zero-order valence-electron chi connectivity index (χ0n) is 20.5. The normalized spacial score (nSPS) is 21.1. The Labute approximate surface area is 219 Å². The van der Waals surface area contributed by atoms with E-state index in [0.717, 1.165) is 10.8 Å². The second kappa shape index (κ2) is 9.28. The van der Waals surface area contributed by atoms with Crippen LogP contribution in [-0.2, 0) is 26.2 Å². The second-order valence-corrected chi connectivity index (χ2v) is 12.1. The van der Waals surface area contributed by atoms with Gasteiger partial charge in [0.1, 0.15) is 11.9 Å². The minimum Gasteiger partial charge on any atom is -0.322 e. The number of sulfonamides is 1. The number of halogens is 1. The minimum absolute atomic E-state index is 0.150. The summed E-state index contributed by atoms with van der Waals surface area (Å²) in [6, 6.07) is 14.8. The second-order valence-electron chi connectivity index (χ2n) is 10.1. The number of fused-ring (bicyclic) bond motifs is 2. The molecule has 2 saturated heterocycles. The molecule has 2 fully saturated rings. The van der Waals surface area contributed by atoms with Crippen LogP contribution in [-0.4, -0.2) is 54.5 Å². The Morgan fingerprint density at radius 2 is 1.63 bits per heavy atom. The highest BCUT2D eigenvalue weighted by atomic mass is 32.2. The van der Waals surface area contributed by atoms with Crippen molar-refractivity contribution in [3.63, 3.8) is 0 Å². The van der Waals surface area contributed by atoms with E-state index in [1.54, 1.807) is 24.3 Å². The topological polar surface area (TPSA) is 104 Å². The lowest BCUT2D eigenvalue weighted by Gasteiger charge is -2.31. The van der Waals surface area contributed by atoms with E-state index in [1.165, 1.54) is 15.3 Å². The molecular formula is C28H26FN3O5S. The maximum atomic E-state index is 15.2. The molecule has 38 heavy (non-hydrogen) atoms. The van der Waals surface area contributed by atoms with E-state index in [0.29, 0.717) is 24.0 Å². The average Bonchev–Trinajstić information content (AvgIpc) is 3.22. The van der Waals surface area contributed by atoms with Gasteiger partial charge in [0.2, 0.25) is 21.8 Å². The minimum atomic E-state index is -3.69. The number of rotatable bonds is 4. The molecule has 0 bridgehead atoms. The van der Waals surface area contributed by atoms with Gasteiger partial charge in [0, 0.05) is 31.6 Å². The highest BCUT2D eigenvalue weighted by Crippen LogP contribution is 2.36. The standard InChI is InChI=1S/C28H26FN3O5S/c29-24-15-23-20(16-32(28(23)35)25-7-8-26(33)30-27(25)34)14-22(24)18-9-11-31(12-10-18)38(36,37)21-6-5-17-3-1-2-4-19(17)13-21/h1-6,13-15,18,25H,7-12,16H2,(H,30,33,34). The van der Waals surface area contributed by atoms with Gasteiger partial charge in [-0.15, -0.1) is 0 Å². The Morgan fingerprint density at radius 1 is 0.895 bits per heavy atom. The van der Waals surface area contributed by atoms with Gasteiger partial charge in [-0.05, 0) is 65.3 Å². The third-order valence-electron chi connectivity index (χ3n) is 7.89. The molecule has 3 heterocycles. The summed E-state index contributed by atoms with van der Waals surface area (Å²) in [6.07, 6.45) is 1.29. The third-order valence-corrected chi connectivity index (χ3v) is 9.79. The summed E-state index contributed by atoms with van der Waals surface area (Å²) in [5, 5.41) is 4.08. The number of piperidine rings is 2. The third kappa shape index (κ3) is 4.17. The summed E-state index contributed by atoms with van der Waals surface area (Å²) < 4.78 is 43.3. The van der Waals surface area contributed by atoms with Crippen molar-refractivity contribution < 1.29 is 27.2 Å². The van der Waals surface area contributed by atoms with Gasteiger partial charge in [-0.3, -0.25) is 19.7 Å². The van der Waals surface area contributed by atoms with Crippen LogP contribution in [0.1, 0.15) is 53.1 Å². The first kappa shape index (κ1) is 24.7. The molecule has 0 aliphatic carbocycles. The molecule has 0 saturated carbocycles. The van der Waals surface area contributed by atoms with Gasteiger partial charge >= 0.3 is 0 Å². The van der Waals surface area contributed by atoms with Crippen LogP contribution in [0.3, 0.4) is 0 Å². The molecular weight excluding hydrogens is 509 g/mol. The maximum Gasteiger partial charge on any atom is 0.255 e. The number of hydrogen-bond donors (Lipinski definition) is 1. The first-order valence-corrected chi connectivity index (χ1v) is 14.1.